The summed E-state index contributed by atoms with van der Waals surface area (Å²) >= 11 is 8.39. The molecule has 6 heteroatoms. The molecule has 0 radical (unpaired) electrons. The molecule has 1 aromatic heterocycles. The molecule has 0 aliphatic rings. The molecule has 2 aromatic carbocycles. The Labute approximate surface area is 152 Å². The van der Waals surface area contributed by atoms with Crippen molar-refractivity contribution < 1.29 is 9.32 Å². The van der Waals surface area contributed by atoms with Crippen LogP contribution in [0.4, 0.5) is 5.69 Å². The SMILES string of the molecule is Cc1onc(-c2ccccc2Cl)c1C(=O)Nc1ccccc1I. The van der Waals surface area contributed by atoms with Gasteiger partial charge in [0, 0.05) is 9.13 Å². The highest BCUT2D eigenvalue weighted by molar-refractivity contribution is 14.1. The van der Waals surface area contributed by atoms with Gasteiger partial charge in [-0.05, 0) is 47.7 Å². The number of nitrogens with zero attached hydrogens (tertiary/aromatic N) is 1. The molecule has 0 aliphatic heterocycles. The molecule has 1 N–H and O–H groups in total. The van der Waals surface area contributed by atoms with E-state index in [1.54, 1.807) is 13.0 Å². The standard InChI is InChI=1S/C17H12ClIN2O2/c1-10-15(17(22)20-14-9-5-4-8-13(14)19)16(21-23-10)11-6-2-3-7-12(11)18/h2-9H,1H3,(H,20,22). The summed E-state index contributed by atoms with van der Waals surface area (Å²) in [5.74, 6) is 0.172. The van der Waals surface area contributed by atoms with Crippen LogP contribution in [0.25, 0.3) is 11.3 Å². The minimum atomic E-state index is -0.275. The number of hydrogen-bond acceptors (Lipinski definition) is 3. The van der Waals surface area contributed by atoms with Crippen molar-refractivity contribution in [3.05, 3.63) is 68.4 Å². The van der Waals surface area contributed by atoms with Gasteiger partial charge < -0.3 is 9.84 Å². The van der Waals surface area contributed by atoms with E-state index in [0.717, 1.165) is 9.26 Å². The highest BCUT2D eigenvalue weighted by Crippen LogP contribution is 2.31. The van der Waals surface area contributed by atoms with Crippen molar-refractivity contribution in [3.63, 3.8) is 0 Å². The number of amides is 1. The highest BCUT2D eigenvalue weighted by atomic mass is 127. The Hall–Kier alpha value is -1.86. The summed E-state index contributed by atoms with van der Waals surface area (Å²) < 4.78 is 6.17. The number of benzene rings is 2. The Morgan fingerprint density at radius 3 is 2.61 bits per heavy atom. The van der Waals surface area contributed by atoms with Crippen LogP contribution in [0, 0.1) is 10.5 Å². The normalized spacial score (nSPS) is 10.6. The first-order valence-corrected chi connectivity index (χ1v) is 8.30. The number of rotatable bonds is 3. The molecule has 0 aliphatic carbocycles. The van der Waals surface area contributed by atoms with Gasteiger partial charge in [-0.15, -0.1) is 0 Å². The molecule has 0 saturated carbocycles. The first-order valence-electron chi connectivity index (χ1n) is 6.85. The van der Waals surface area contributed by atoms with E-state index < -0.39 is 0 Å². The molecule has 0 bridgehead atoms. The Morgan fingerprint density at radius 1 is 1.17 bits per heavy atom. The second-order valence-corrected chi connectivity index (χ2v) is 6.45. The molecule has 1 heterocycles. The molecule has 3 aromatic rings. The maximum absolute atomic E-state index is 12.7. The average Bonchev–Trinajstić information content (AvgIpc) is 2.91. The monoisotopic (exact) mass is 438 g/mol. The van der Waals surface area contributed by atoms with E-state index in [1.807, 2.05) is 42.5 Å². The zero-order valence-electron chi connectivity index (χ0n) is 12.1. The molecule has 0 fully saturated rings. The zero-order valence-corrected chi connectivity index (χ0v) is 15.1. The number of aryl methyl sites for hydroxylation is 1. The molecule has 0 spiro atoms. The fourth-order valence-electron chi connectivity index (χ4n) is 2.22. The van der Waals surface area contributed by atoms with E-state index in [-0.39, 0.29) is 5.91 Å². The lowest BCUT2D eigenvalue weighted by Gasteiger charge is -2.08. The third-order valence-corrected chi connectivity index (χ3v) is 4.61. The number of carbonyl (C=O) groups excluding carboxylic acids is 1. The van der Waals surface area contributed by atoms with Crippen LogP contribution in [0.1, 0.15) is 16.1 Å². The van der Waals surface area contributed by atoms with Crippen LogP contribution in [0.3, 0.4) is 0 Å². The minimum Gasteiger partial charge on any atom is -0.360 e. The summed E-state index contributed by atoms with van der Waals surface area (Å²) in [4.78, 5) is 12.7. The van der Waals surface area contributed by atoms with E-state index >= 15 is 0 Å². The predicted octanol–water partition coefficient (Wildman–Crippen LogP) is 5.16. The van der Waals surface area contributed by atoms with Gasteiger partial charge in [0.15, 0.2) is 0 Å². The maximum Gasteiger partial charge on any atom is 0.261 e. The molecule has 0 atom stereocenters. The third-order valence-electron chi connectivity index (χ3n) is 3.34. The molecule has 4 nitrogen and oxygen atoms in total. The van der Waals surface area contributed by atoms with Gasteiger partial charge in [-0.25, -0.2) is 0 Å². The van der Waals surface area contributed by atoms with Gasteiger partial charge in [-0.3, -0.25) is 4.79 Å². The number of carbonyl (C=O) groups is 1. The van der Waals surface area contributed by atoms with Crippen LogP contribution in [-0.2, 0) is 0 Å². The molecular weight excluding hydrogens is 427 g/mol. The fraction of sp³-hybridized carbons (Fsp3) is 0.0588. The van der Waals surface area contributed by atoms with E-state index in [1.165, 1.54) is 0 Å². The molecule has 3 rings (SSSR count). The smallest absolute Gasteiger partial charge is 0.261 e. The number of nitrogens with one attached hydrogen (secondary N) is 1. The van der Waals surface area contributed by atoms with Crippen molar-refractivity contribution in [2.75, 3.05) is 5.32 Å². The van der Waals surface area contributed by atoms with Crippen LogP contribution in [0.5, 0.6) is 0 Å². The van der Waals surface area contributed by atoms with Crippen LogP contribution in [0.2, 0.25) is 5.02 Å². The molecule has 0 saturated heterocycles. The van der Waals surface area contributed by atoms with E-state index in [4.69, 9.17) is 16.1 Å². The van der Waals surface area contributed by atoms with Crippen LogP contribution < -0.4 is 5.32 Å². The lowest BCUT2D eigenvalue weighted by atomic mass is 10.1. The van der Waals surface area contributed by atoms with E-state index in [2.05, 4.69) is 33.1 Å². The summed E-state index contributed by atoms with van der Waals surface area (Å²) in [6.45, 7) is 1.71. The third kappa shape index (κ3) is 3.25. The van der Waals surface area contributed by atoms with Gasteiger partial charge in [0.2, 0.25) is 0 Å². The van der Waals surface area contributed by atoms with E-state index in [0.29, 0.717) is 27.6 Å². The van der Waals surface area contributed by atoms with Crippen molar-refractivity contribution >= 4 is 45.8 Å². The molecule has 23 heavy (non-hydrogen) atoms. The van der Waals surface area contributed by atoms with Crippen LogP contribution in [0.15, 0.2) is 53.1 Å². The van der Waals surface area contributed by atoms with Gasteiger partial charge >= 0.3 is 0 Å². The maximum atomic E-state index is 12.7. The average molecular weight is 439 g/mol. The highest BCUT2D eigenvalue weighted by Gasteiger charge is 2.23. The van der Waals surface area contributed by atoms with Gasteiger partial charge in [-0.1, -0.05) is 47.1 Å². The summed E-state index contributed by atoms with van der Waals surface area (Å²) in [6.07, 6.45) is 0. The summed E-state index contributed by atoms with van der Waals surface area (Å²) in [5.41, 5.74) is 2.23. The van der Waals surface area contributed by atoms with Crippen molar-refractivity contribution in [2.45, 2.75) is 6.92 Å². The minimum absolute atomic E-state index is 0.275. The van der Waals surface area contributed by atoms with Gasteiger partial charge in [0.25, 0.3) is 5.91 Å². The second kappa shape index (κ2) is 6.72. The largest absolute Gasteiger partial charge is 0.360 e. The lowest BCUT2D eigenvalue weighted by molar-refractivity contribution is 0.102. The topological polar surface area (TPSA) is 55.1 Å². The van der Waals surface area contributed by atoms with Crippen molar-refractivity contribution in [3.8, 4) is 11.3 Å². The first kappa shape index (κ1) is 16.0. The zero-order chi connectivity index (χ0) is 16.4. The number of anilines is 1. The summed E-state index contributed by atoms with van der Waals surface area (Å²) in [7, 11) is 0. The number of aromatic nitrogens is 1. The van der Waals surface area contributed by atoms with Gasteiger partial charge in [-0.2, -0.15) is 0 Å². The first-order chi connectivity index (χ1) is 11.1. The molecule has 116 valence electrons. The second-order valence-electron chi connectivity index (χ2n) is 4.88. The Kier molecular flexibility index (Phi) is 4.68. The van der Waals surface area contributed by atoms with Crippen molar-refractivity contribution in [1.29, 1.82) is 0 Å². The number of hydrogen-bond donors (Lipinski definition) is 1. The number of para-hydroxylation sites is 1. The molecule has 1 amide bonds. The Morgan fingerprint density at radius 2 is 1.87 bits per heavy atom. The van der Waals surface area contributed by atoms with E-state index in [9.17, 15) is 4.79 Å². The van der Waals surface area contributed by atoms with Crippen LogP contribution in [-0.4, -0.2) is 11.1 Å². The van der Waals surface area contributed by atoms with Crippen LogP contribution >= 0.6 is 34.2 Å². The van der Waals surface area contributed by atoms with Gasteiger partial charge in [0.05, 0.1) is 10.7 Å². The quantitative estimate of drug-likeness (QED) is 0.575. The van der Waals surface area contributed by atoms with Crippen molar-refractivity contribution in [1.82, 2.24) is 5.16 Å². The van der Waals surface area contributed by atoms with Gasteiger partial charge in [0.1, 0.15) is 17.0 Å². The Bertz CT molecular complexity index is 877. The lowest BCUT2D eigenvalue weighted by Crippen LogP contribution is -2.14. The number of halogens is 2. The molecular formula is C17H12ClIN2O2. The van der Waals surface area contributed by atoms with Crippen molar-refractivity contribution in [2.24, 2.45) is 0 Å². The fourth-order valence-corrected chi connectivity index (χ4v) is 2.97. The Balaban J connectivity index is 2.01. The summed E-state index contributed by atoms with van der Waals surface area (Å²) in [6, 6.07) is 14.8. The summed E-state index contributed by atoms with van der Waals surface area (Å²) in [5, 5.41) is 7.42. The molecule has 0 unspecified atom stereocenters. The predicted molar refractivity (Wildman–Crippen MR) is 98.8 cm³/mol.